The number of aryl methyl sites for hydroxylation is 1. The molecule has 1 aliphatic rings. The van der Waals surface area contributed by atoms with E-state index in [-0.39, 0.29) is 11.9 Å². The first-order chi connectivity index (χ1) is 11.1. The third-order valence-corrected chi connectivity index (χ3v) is 4.39. The van der Waals surface area contributed by atoms with Crippen molar-refractivity contribution in [3.05, 3.63) is 59.3 Å². The fourth-order valence-corrected chi connectivity index (χ4v) is 3.08. The van der Waals surface area contributed by atoms with E-state index in [9.17, 15) is 4.79 Å². The lowest BCUT2D eigenvalue weighted by molar-refractivity contribution is 0.0934. The lowest BCUT2D eigenvalue weighted by atomic mass is 10.0. The molecule has 0 radical (unpaired) electrons. The molecule has 0 saturated heterocycles. The van der Waals surface area contributed by atoms with E-state index in [0.717, 1.165) is 31.5 Å². The van der Waals surface area contributed by atoms with Gasteiger partial charge in [0.05, 0.1) is 5.56 Å². The zero-order chi connectivity index (χ0) is 16.2. The highest BCUT2D eigenvalue weighted by Gasteiger charge is 2.19. The molecule has 4 heteroatoms. The van der Waals surface area contributed by atoms with E-state index in [1.807, 2.05) is 31.1 Å². The summed E-state index contributed by atoms with van der Waals surface area (Å²) in [6.45, 7) is 0. The van der Waals surface area contributed by atoms with Crippen molar-refractivity contribution < 1.29 is 4.79 Å². The lowest BCUT2D eigenvalue weighted by Crippen LogP contribution is -2.36. The Morgan fingerprint density at radius 3 is 2.65 bits per heavy atom. The largest absolute Gasteiger partial charge is 0.363 e. The second-order valence-electron chi connectivity index (χ2n) is 6.33. The number of aromatic nitrogens is 1. The van der Waals surface area contributed by atoms with E-state index < -0.39 is 0 Å². The summed E-state index contributed by atoms with van der Waals surface area (Å²) in [5.74, 6) is 0.817. The summed E-state index contributed by atoms with van der Waals surface area (Å²) in [4.78, 5) is 18.7. The second-order valence-corrected chi connectivity index (χ2v) is 6.33. The van der Waals surface area contributed by atoms with Crippen molar-refractivity contribution in [3.8, 4) is 0 Å². The average Bonchev–Trinajstić information content (AvgIpc) is 2.76. The first-order valence-corrected chi connectivity index (χ1v) is 8.14. The fourth-order valence-electron chi connectivity index (χ4n) is 3.08. The van der Waals surface area contributed by atoms with Crippen LogP contribution in [0.25, 0.3) is 0 Å². The number of anilines is 1. The molecule has 1 N–H and O–H groups in total. The molecule has 23 heavy (non-hydrogen) atoms. The number of fused-ring (bicyclic) bond motifs is 1. The number of nitrogens with one attached hydrogen (secondary N) is 1. The Morgan fingerprint density at radius 1 is 1.17 bits per heavy atom. The summed E-state index contributed by atoms with van der Waals surface area (Å²) in [5.41, 5.74) is 3.39. The normalized spacial score (nSPS) is 17.0. The quantitative estimate of drug-likeness (QED) is 0.887. The number of benzene rings is 1. The van der Waals surface area contributed by atoms with Gasteiger partial charge in [-0.05, 0) is 48.9 Å². The van der Waals surface area contributed by atoms with Gasteiger partial charge in [-0.15, -0.1) is 0 Å². The molecule has 0 spiro atoms. The maximum atomic E-state index is 12.5. The monoisotopic (exact) mass is 309 g/mol. The molecule has 1 aliphatic carbocycles. The molecule has 0 bridgehead atoms. The molecule has 0 aliphatic heterocycles. The molecule has 2 aromatic rings. The molecule has 1 amide bonds. The molecule has 1 aromatic carbocycles. The number of amides is 1. The van der Waals surface area contributed by atoms with Gasteiger partial charge in [-0.2, -0.15) is 0 Å². The Morgan fingerprint density at radius 2 is 1.96 bits per heavy atom. The van der Waals surface area contributed by atoms with Gasteiger partial charge in [0.1, 0.15) is 5.82 Å². The van der Waals surface area contributed by atoms with Crippen LogP contribution in [-0.2, 0) is 12.8 Å². The van der Waals surface area contributed by atoms with Crippen LogP contribution < -0.4 is 10.2 Å². The highest BCUT2D eigenvalue weighted by atomic mass is 16.1. The van der Waals surface area contributed by atoms with Gasteiger partial charge in [0.2, 0.25) is 0 Å². The van der Waals surface area contributed by atoms with Crippen molar-refractivity contribution >= 4 is 11.7 Å². The van der Waals surface area contributed by atoms with Crippen molar-refractivity contribution in [2.75, 3.05) is 19.0 Å². The van der Waals surface area contributed by atoms with E-state index in [4.69, 9.17) is 0 Å². The van der Waals surface area contributed by atoms with E-state index in [2.05, 4.69) is 34.6 Å². The number of pyridine rings is 1. The molecular weight excluding hydrogens is 286 g/mol. The van der Waals surface area contributed by atoms with Crippen LogP contribution in [0.1, 0.15) is 34.3 Å². The highest BCUT2D eigenvalue weighted by molar-refractivity contribution is 5.94. The van der Waals surface area contributed by atoms with Gasteiger partial charge in [0.25, 0.3) is 5.91 Å². The zero-order valence-corrected chi connectivity index (χ0v) is 13.7. The van der Waals surface area contributed by atoms with Gasteiger partial charge in [-0.1, -0.05) is 24.3 Å². The third-order valence-electron chi connectivity index (χ3n) is 4.39. The van der Waals surface area contributed by atoms with Crippen LogP contribution in [0.15, 0.2) is 42.6 Å². The van der Waals surface area contributed by atoms with E-state index in [0.29, 0.717) is 5.56 Å². The van der Waals surface area contributed by atoms with Crippen molar-refractivity contribution in [2.45, 2.75) is 31.7 Å². The van der Waals surface area contributed by atoms with Gasteiger partial charge in [-0.25, -0.2) is 4.98 Å². The van der Waals surface area contributed by atoms with Crippen LogP contribution in [0.4, 0.5) is 5.82 Å². The molecule has 0 saturated carbocycles. The second kappa shape index (κ2) is 6.82. The van der Waals surface area contributed by atoms with Gasteiger partial charge in [0.15, 0.2) is 0 Å². The van der Waals surface area contributed by atoms with E-state index >= 15 is 0 Å². The number of carbonyl (C=O) groups is 1. The van der Waals surface area contributed by atoms with Crippen molar-refractivity contribution in [3.63, 3.8) is 0 Å². The Labute approximate surface area is 137 Å². The predicted molar refractivity (Wildman–Crippen MR) is 92.9 cm³/mol. The standard InChI is InChI=1S/C19H23N3O/c1-22(2)18-11-10-16(13-20-18)19(23)21-17-9-5-8-14-6-3-4-7-15(14)12-17/h3-4,6-7,10-11,13,17H,5,8-9,12H2,1-2H3,(H,21,23)/t17-/m0/s1. The number of carbonyl (C=O) groups excluding carboxylic acids is 1. The van der Waals surface area contributed by atoms with Gasteiger partial charge >= 0.3 is 0 Å². The predicted octanol–water partition coefficient (Wildman–Crippen LogP) is 2.83. The number of hydrogen-bond donors (Lipinski definition) is 1. The maximum absolute atomic E-state index is 12.5. The van der Waals surface area contributed by atoms with E-state index in [1.165, 1.54) is 11.1 Å². The van der Waals surface area contributed by atoms with Gasteiger partial charge in [-0.3, -0.25) is 4.79 Å². The lowest BCUT2D eigenvalue weighted by Gasteiger charge is -2.17. The number of hydrogen-bond acceptors (Lipinski definition) is 3. The maximum Gasteiger partial charge on any atom is 0.253 e. The highest BCUT2D eigenvalue weighted by Crippen LogP contribution is 2.21. The molecule has 1 heterocycles. The smallest absolute Gasteiger partial charge is 0.253 e. The first-order valence-electron chi connectivity index (χ1n) is 8.14. The van der Waals surface area contributed by atoms with Crippen LogP contribution >= 0.6 is 0 Å². The first kappa shape index (κ1) is 15.5. The zero-order valence-electron chi connectivity index (χ0n) is 13.7. The van der Waals surface area contributed by atoms with Crippen LogP contribution in [0.2, 0.25) is 0 Å². The Hall–Kier alpha value is -2.36. The van der Waals surface area contributed by atoms with E-state index in [1.54, 1.807) is 6.20 Å². The average molecular weight is 309 g/mol. The van der Waals surface area contributed by atoms with Crippen LogP contribution in [-0.4, -0.2) is 31.0 Å². The van der Waals surface area contributed by atoms with Crippen molar-refractivity contribution in [2.24, 2.45) is 0 Å². The topological polar surface area (TPSA) is 45.2 Å². The number of nitrogens with zero attached hydrogens (tertiary/aromatic N) is 2. The van der Waals surface area contributed by atoms with Crippen LogP contribution in [0.5, 0.6) is 0 Å². The van der Waals surface area contributed by atoms with Crippen molar-refractivity contribution in [1.82, 2.24) is 10.3 Å². The minimum Gasteiger partial charge on any atom is -0.363 e. The van der Waals surface area contributed by atoms with Crippen LogP contribution in [0.3, 0.4) is 0 Å². The van der Waals surface area contributed by atoms with Crippen LogP contribution in [0, 0.1) is 0 Å². The third kappa shape index (κ3) is 3.70. The molecule has 1 atom stereocenters. The molecule has 4 nitrogen and oxygen atoms in total. The summed E-state index contributed by atoms with van der Waals surface area (Å²) >= 11 is 0. The fraction of sp³-hybridized carbons (Fsp3) is 0.368. The molecule has 0 fully saturated rings. The van der Waals surface area contributed by atoms with Gasteiger partial charge < -0.3 is 10.2 Å². The molecule has 0 unspecified atom stereocenters. The Balaban J connectivity index is 1.68. The Bertz CT molecular complexity index is 679. The summed E-state index contributed by atoms with van der Waals surface area (Å²) in [7, 11) is 3.87. The summed E-state index contributed by atoms with van der Waals surface area (Å²) < 4.78 is 0. The summed E-state index contributed by atoms with van der Waals surface area (Å²) in [6.07, 6.45) is 5.78. The summed E-state index contributed by atoms with van der Waals surface area (Å²) in [6, 6.07) is 12.4. The minimum absolute atomic E-state index is 0.0350. The molecular formula is C19H23N3O. The minimum atomic E-state index is -0.0350. The molecule has 1 aromatic heterocycles. The van der Waals surface area contributed by atoms with Gasteiger partial charge in [0, 0.05) is 26.3 Å². The Kier molecular flexibility index (Phi) is 4.60. The summed E-state index contributed by atoms with van der Waals surface area (Å²) in [5, 5.41) is 3.17. The SMILES string of the molecule is CN(C)c1ccc(C(=O)N[C@H]2CCCc3ccccc3C2)cn1. The van der Waals surface area contributed by atoms with Crippen molar-refractivity contribution in [1.29, 1.82) is 0 Å². The molecule has 120 valence electrons. The number of rotatable bonds is 3. The molecule has 3 rings (SSSR count).